The summed E-state index contributed by atoms with van der Waals surface area (Å²) in [7, 11) is 0. The van der Waals surface area contributed by atoms with E-state index in [-0.39, 0.29) is 5.56 Å². The second-order valence-corrected chi connectivity index (χ2v) is 3.11. The maximum absolute atomic E-state index is 11.5. The monoisotopic (exact) mass is 188 g/mol. The Labute approximate surface area is 79.6 Å². The van der Waals surface area contributed by atoms with E-state index in [1.54, 1.807) is 13.8 Å². The van der Waals surface area contributed by atoms with Crippen molar-refractivity contribution in [1.82, 2.24) is 14.6 Å². The van der Waals surface area contributed by atoms with Crippen molar-refractivity contribution >= 4 is 5.65 Å². The number of pyridine rings is 1. The second kappa shape index (κ2) is 2.70. The van der Waals surface area contributed by atoms with E-state index in [1.165, 1.54) is 10.5 Å². The van der Waals surface area contributed by atoms with Crippen molar-refractivity contribution < 1.29 is 0 Å². The Hall–Kier alpha value is -2.09. The van der Waals surface area contributed by atoms with Crippen molar-refractivity contribution in [2.45, 2.75) is 13.8 Å². The largest absolute Gasteiger partial charge is 0.269 e. The molecule has 2 aromatic heterocycles. The van der Waals surface area contributed by atoms with Crippen molar-refractivity contribution in [2.75, 3.05) is 0 Å². The van der Waals surface area contributed by atoms with Crippen LogP contribution in [0.1, 0.15) is 17.0 Å². The molecule has 0 aliphatic heterocycles. The summed E-state index contributed by atoms with van der Waals surface area (Å²) in [6, 6.07) is 3.49. The Morgan fingerprint density at radius 1 is 1.57 bits per heavy atom. The highest BCUT2D eigenvalue weighted by Gasteiger charge is 2.10. The predicted molar refractivity (Wildman–Crippen MR) is 50.0 cm³/mol. The summed E-state index contributed by atoms with van der Waals surface area (Å²) < 4.78 is 1.39. The summed E-state index contributed by atoms with van der Waals surface area (Å²) in [4.78, 5) is 11.5. The van der Waals surface area contributed by atoms with Crippen LogP contribution in [0.25, 0.3) is 5.65 Å². The maximum Gasteiger partial charge on any atom is 0.258 e. The first-order valence-electron chi connectivity index (χ1n) is 4.12. The maximum atomic E-state index is 11.5. The molecule has 1 N–H and O–H groups in total. The standard InChI is InChI=1S/C9H8N4O/c1-5-3-8(14)13-6(2)11-12-9(13)7(5)4-10/h3,12H,1-2H3. The number of nitrogens with zero attached hydrogens (tertiary/aromatic N) is 3. The lowest BCUT2D eigenvalue weighted by Crippen LogP contribution is -2.14. The lowest BCUT2D eigenvalue weighted by molar-refractivity contribution is 0.980. The van der Waals surface area contributed by atoms with Crippen LogP contribution < -0.4 is 5.56 Å². The molecule has 0 fully saturated rings. The van der Waals surface area contributed by atoms with Gasteiger partial charge in [0.25, 0.3) is 5.56 Å². The molecule has 0 atom stereocenters. The van der Waals surface area contributed by atoms with Gasteiger partial charge in [-0.2, -0.15) is 10.4 Å². The minimum atomic E-state index is -0.164. The van der Waals surface area contributed by atoms with Crippen LogP contribution in [0, 0.1) is 25.2 Å². The molecule has 2 rings (SSSR count). The molecule has 5 nitrogen and oxygen atoms in total. The third-order valence-corrected chi connectivity index (χ3v) is 2.17. The minimum Gasteiger partial charge on any atom is -0.269 e. The van der Waals surface area contributed by atoms with Crippen LogP contribution in [0.15, 0.2) is 10.9 Å². The van der Waals surface area contributed by atoms with Gasteiger partial charge in [0.1, 0.15) is 11.9 Å². The normalized spacial score (nSPS) is 10.4. The fourth-order valence-corrected chi connectivity index (χ4v) is 1.48. The van der Waals surface area contributed by atoms with Gasteiger partial charge in [0.05, 0.1) is 5.56 Å². The fourth-order valence-electron chi connectivity index (χ4n) is 1.48. The first kappa shape index (κ1) is 8.51. The molecule has 0 bridgehead atoms. The molecule has 0 spiro atoms. The molecule has 0 aliphatic rings. The van der Waals surface area contributed by atoms with Gasteiger partial charge in [-0.1, -0.05) is 0 Å². The van der Waals surface area contributed by atoms with Gasteiger partial charge in [-0.15, -0.1) is 0 Å². The first-order chi connectivity index (χ1) is 6.65. The number of aromatic nitrogens is 3. The van der Waals surface area contributed by atoms with Gasteiger partial charge in [-0.05, 0) is 19.4 Å². The third kappa shape index (κ3) is 0.941. The van der Waals surface area contributed by atoms with Crippen LogP contribution in [0.4, 0.5) is 0 Å². The van der Waals surface area contributed by atoms with Crippen molar-refractivity contribution in [1.29, 1.82) is 5.26 Å². The van der Waals surface area contributed by atoms with Crippen molar-refractivity contribution in [2.24, 2.45) is 0 Å². The molecular formula is C9H8N4O. The van der Waals surface area contributed by atoms with Gasteiger partial charge < -0.3 is 0 Å². The summed E-state index contributed by atoms with van der Waals surface area (Å²) in [5, 5.41) is 15.5. The zero-order chi connectivity index (χ0) is 10.3. The number of nitriles is 1. The van der Waals surface area contributed by atoms with Crippen LogP contribution in [0.3, 0.4) is 0 Å². The number of nitrogens with one attached hydrogen (secondary N) is 1. The van der Waals surface area contributed by atoms with Gasteiger partial charge in [0.15, 0.2) is 5.65 Å². The van der Waals surface area contributed by atoms with E-state index in [2.05, 4.69) is 10.2 Å². The fraction of sp³-hybridized carbons (Fsp3) is 0.222. The highest BCUT2D eigenvalue weighted by molar-refractivity contribution is 5.58. The Bertz CT molecular complexity index is 600. The highest BCUT2D eigenvalue weighted by Crippen LogP contribution is 2.10. The number of hydrogen-bond donors (Lipinski definition) is 1. The molecular weight excluding hydrogens is 180 g/mol. The van der Waals surface area contributed by atoms with Crippen LogP contribution in [0.5, 0.6) is 0 Å². The Kier molecular flexibility index (Phi) is 1.64. The predicted octanol–water partition coefficient (Wildman–Crippen LogP) is 0.511. The SMILES string of the molecule is Cc1cc(=O)n2c(C)n[nH]c2c1C#N. The van der Waals surface area contributed by atoms with Crippen molar-refractivity contribution in [3.8, 4) is 6.07 Å². The number of aryl methyl sites for hydroxylation is 2. The lowest BCUT2D eigenvalue weighted by Gasteiger charge is -1.98. The van der Waals surface area contributed by atoms with Gasteiger partial charge in [-0.25, -0.2) is 4.40 Å². The molecule has 0 saturated heterocycles. The topological polar surface area (TPSA) is 74.0 Å². The average Bonchev–Trinajstić information content (AvgIpc) is 2.49. The van der Waals surface area contributed by atoms with E-state index < -0.39 is 0 Å². The summed E-state index contributed by atoms with van der Waals surface area (Å²) in [6.45, 7) is 3.44. The van der Waals surface area contributed by atoms with E-state index in [0.29, 0.717) is 22.6 Å². The lowest BCUT2D eigenvalue weighted by atomic mass is 10.2. The third-order valence-electron chi connectivity index (χ3n) is 2.17. The highest BCUT2D eigenvalue weighted by atomic mass is 16.1. The molecule has 0 radical (unpaired) electrons. The van der Waals surface area contributed by atoms with Crippen LogP contribution in [0.2, 0.25) is 0 Å². The summed E-state index contributed by atoms with van der Waals surface area (Å²) in [5.41, 5.74) is 1.43. The summed E-state index contributed by atoms with van der Waals surface area (Å²) in [5.74, 6) is 0.557. The van der Waals surface area contributed by atoms with E-state index in [0.717, 1.165) is 0 Å². The average molecular weight is 188 g/mol. The van der Waals surface area contributed by atoms with E-state index in [4.69, 9.17) is 5.26 Å². The minimum absolute atomic E-state index is 0.164. The Balaban J connectivity index is 3.10. The molecule has 14 heavy (non-hydrogen) atoms. The van der Waals surface area contributed by atoms with Gasteiger partial charge in [0, 0.05) is 6.07 Å². The number of hydrogen-bond acceptors (Lipinski definition) is 3. The van der Waals surface area contributed by atoms with Gasteiger partial charge >= 0.3 is 0 Å². The number of aromatic amines is 1. The Morgan fingerprint density at radius 2 is 2.29 bits per heavy atom. The summed E-state index contributed by atoms with van der Waals surface area (Å²) in [6.07, 6.45) is 0. The van der Waals surface area contributed by atoms with E-state index in [9.17, 15) is 4.79 Å². The smallest absolute Gasteiger partial charge is 0.258 e. The Morgan fingerprint density at radius 3 is 2.93 bits per heavy atom. The number of rotatable bonds is 0. The number of fused-ring (bicyclic) bond motifs is 1. The van der Waals surface area contributed by atoms with E-state index >= 15 is 0 Å². The second-order valence-electron chi connectivity index (χ2n) is 3.11. The molecule has 2 heterocycles. The molecule has 2 aromatic rings. The van der Waals surface area contributed by atoms with Gasteiger partial charge in [-0.3, -0.25) is 9.89 Å². The molecule has 0 unspecified atom stereocenters. The molecule has 0 aromatic carbocycles. The van der Waals surface area contributed by atoms with Crippen LogP contribution in [-0.4, -0.2) is 14.6 Å². The quantitative estimate of drug-likeness (QED) is 0.654. The van der Waals surface area contributed by atoms with Crippen LogP contribution in [-0.2, 0) is 0 Å². The molecule has 5 heteroatoms. The zero-order valence-electron chi connectivity index (χ0n) is 7.83. The number of H-pyrrole nitrogens is 1. The van der Waals surface area contributed by atoms with Crippen LogP contribution >= 0.6 is 0 Å². The molecule has 70 valence electrons. The summed E-state index contributed by atoms with van der Waals surface area (Å²) >= 11 is 0. The van der Waals surface area contributed by atoms with Crippen molar-refractivity contribution in [3.05, 3.63) is 33.4 Å². The molecule has 0 saturated carbocycles. The van der Waals surface area contributed by atoms with Gasteiger partial charge in [0.2, 0.25) is 0 Å². The zero-order valence-corrected chi connectivity index (χ0v) is 7.83. The molecule has 0 amide bonds. The molecule has 0 aliphatic carbocycles. The van der Waals surface area contributed by atoms with E-state index in [1.807, 2.05) is 6.07 Å². The first-order valence-corrected chi connectivity index (χ1v) is 4.12. The van der Waals surface area contributed by atoms with Crippen molar-refractivity contribution in [3.63, 3.8) is 0 Å².